The molecule has 0 aromatic heterocycles. The van der Waals surface area contributed by atoms with Gasteiger partial charge in [-0.05, 0) is 12.5 Å². The van der Waals surface area contributed by atoms with Crippen LogP contribution in [0.4, 0.5) is 5.69 Å². The van der Waals surface area contributed by atoms with E-state index < -0.39 is 16.7 Å². The zero-order valence-electron chi connectivity index (χ0n) is 13.6. The van der Waals surface area contributed by atoms with Gasteiger partial charge in [0, 0.05) is 31.3 Å². The first-order valence-corrected chi connectivity index (χ1v) is 7.38. The van der Waals surface area contributed by atoms with Gasteiger partial charge in [-0.2, -0.15) is 0 Å². The van der Waals surface area contributed by atoms with Gasteiger partial charge < -0.3 is 15.5 Å². The van der Waals surface area contributed by atoms with E-state index in [1.54, 1.807) is 0 Å². The van der Waals surface area contributed by atoms with Gasteiger partial charge in [0.2, 0.25) is 11.8 Å². The summed E-state index contributed by atoms with van der Waals surface area (Å²) < 4.78 is 0. The average Bonchev–Trinajstić information content (AvgIpc) is 2.57. The fraction of sp³-hybridized carbons (Fsp3) is 0.400. The molecule has 2 N–H and O–H groups in total. The second-order valence-corrected chi connectivity index (χ2v) is 5.09. The SMILES string of the molecule is CCCNC(=O)CN(C)C(=O)CNC(=O)c1cccc([N+](=O)[O-])c1. The fourth-order valence-corrected chi connectivity index (χ4v) is 1.78. The minimum Gasteiger partial charge on any atom is -0.355 e. The normalized spacial score (nSPS) is 9.92. The molecule has 0 aliphatic rings. The number of benzene rings is 1. The van der Waals surface area contributed by atoms with E-state index in [1.807, 2.05) is 6.92 Å². The molecule has 0 saturated heterocycles. The lowest BCUT2D eigenvalue weighted by Gasteiger charge is -2.17. The van der Waals surface area contributed by atoms with Gasteiger partial charge in [0.05, 0.1) is 18.0 Å². The molecular weight excluding hydrogens is 316 g/mol. The van der Waals surface area contributed by atoms with Crippen LogP contribution in [0.25, 0.3) is 0 Å². The first-order chi connectivity index (χ1) is 11.3. The summed E-state index contributed by atoms with van der Waals surface area (Å²) in [4.78, 5) is 46.6. The first-order valence-electron chi connectivity index (χ1n) is 7.38. The standard InChI is InChI=1S/C15H20N4O5/c1-3-7-16-13(20)10-18(2)14(21)9-17-15(22)11-5-4-6-12(8-11)19(23)24/h4-6,8H,3,7,9-10H2,1-2H3,(H,16,20)(H,17,22). The first kappa shape index (κ1) is 19.1. The van der Waals surface area contributed by atoms with Gasteiger partial charge >= 0.3 is 0 Å². The van der Waals surface area contributed by atoms with Gasteiger partial charge in [0.25, 0.3) is 11.6 Å². The van der Waals surface area contributed by atoms with Crippen molar-refractivity contribution < 1.29 is 19.3 Å². The van der Waals surface area contributed by atoms with Gasteiger partial charge in [0.15, 0.2) is 0 Å². The highest BCUT2D eigenvalue weighted by atomic mass is 16.6. The van der Waals surface area contributed by atoms with E-state index in [4.69, 9.17) is 0 Å². The van der Waals surface area contributed by atoms with Crippen LogP contribution in [0.3, 0.4) is 0 Å². The van der Waals surface area contributed by atoms with Crippen molar-refractivity contribution in [2.24, 2.45) is 0 Å². The number of hydrogen-bond acceptors (Lipinski definition) is 5. The lowest BCUT2D eigenvalue weighted by atomic mass is 10.2. The maximum Gasteiger partial charge on any atom is 0.270 e. The van der Waals surface area contributed by atoms with Crippen molar-refractivity contribution in [3.8, 4) is 0 Å². The molecule has 1 rings (SSSR count). The van der Waals surface area contributed by atoms with E-state index in [1.165, 1.54) is 30.1 Å². The van der Waals surface area contributed by atoms with Crippen molar-refractivity contribution in [3.63, 3.8) is 0 Å². The Morgan fingerprint density at radius 3 is 2.58 bits per heavy atom. The number of carbonyl (C=O) groups excluding carboxylic acids is 3. The second-order valence-electron chi connectivity index (χ2n) is 5.09. The Morgan fingerprint density at radius 1 is 1.25 bits per heavy atom. The van der Waals surface area contributed by atoms with Crippen LogP contribution in [0.5, 0.6) is 0 Å². The van der Waals surface area contributed by atoms with E-state index in [0.29, 0.717) is 6.54 Å². The molecular formula is C15H20N4O5. The maximum absolute atomic E-state index is 11.9. The summed E-state index contributed by atoms with van der Waals surface area (Å²) in [5.41, 5.74) is -0.126. The largest absolute Gasteiger partial charge is 0.355 e. The monoisotopic (exact) mass is 336 g/mol. The third-order valence-corrected chi connectivity index (χ3v) is 3.10. The molecule has 0 spiro atoms. The third-order valence-electron chi connectivity index (χ3n) is 3.10. The van der Waals surface area contributed by atoms with Crippen LogP contribution in [0, 0.1) is 10.1 Å². The molecule has 1 aromatic rings. The Kier molecular flexibility index (Phi) is 7.34. The molecule has 0 saturated carbocycles. The zero-order valence-corrected chi connectivity index (χ0v) is 13.6. The number of amides is 3. The van der Waals surface area contributed by atoms with E-state index in [-0.39, 0.29) is 30.2 Å². The van der Waals surface area contributed by atoms with E-state index in [9.17, 15) is 24.5 Å². The Labute approximate surface area is 139 Å². The molecule has 0 aliphatic heterocycles. The molecule has 9 nitrogen and oxygen atoms in total. The highest BCUT2D eigenvalue weighted by Crippen LogP contribution is 2.12. The van der Waals surface area contributed by atoms with Gasteiger partial charge in [-0.1, -0.05) is 13.0 Å². The number of non-ortho nitro benzene ring substituents is 1. The van der Waals surface area contributed by atoms with E-state index >= 15 is 0 Å². The predicted octanol–water partition coefficient (Wildman–Crippen LogP) is 0.309. The summed E-state index contributed by atoms with van der Waals surface area (Å²) in [6.07, 6.45) is 0.794. The summed E-state index contributed by atoms with van der Waals surface area (Å²) in [6, 6.07) is 5.19. The number of carbonyl (C=O) groups is 3. The van der Waals surface area contributed by atoms with Crippen LogP contribution in [0.2, 0.25) is 0 Å². The fourth-order valence-electron chi connectivity index (χ4n) is 1.78. The molecule has 0 aliphatic carbocycles. The van der Waals surface area contributed by atoms with Crippen molar-refractivity contribution >= 4 is 23.4 Å². The number of nitrogens with zero attached hydrogens (tertiary/aromatic N) is 2. The second kappa shape index (κ2) is 9.23. The number of hydrogen-bond donors (Lipinski definition) is 2. The van der Waals surface area contributed by atoms with Crippen LogP contribution < -0.4 is 10.6 Å². The average molecular weight is 336 g/mol. The van der Waals surface area contributed by atoms with Gasteiger partial charge in [-0.15, -0.1) is 0 Å². The number of rotatable bonds is 8. The van der Waals surface area contributed by atoms with Gasteiger partial charge in [0.1, 0.15) is 0 Å². The quantitative estimate of drug-likeness (QED) is 0.522. The van der Waals surface area contributed by atoms with Crippen molar-refractivity contribution in [1.29, 1.82) is 0 Å². The molecule has 9 heteroatoms. The third kappa shape index (κ3) is 6.03. The maximum atomic E-state index is 11.9. The van der Waals surface area contributed by atoms with Gasteiger partial charge in [-0.3, -0.25) is 24.5 Å². The molecule has 24 heavy (non-hydrogen) atoms. The molecule has 0 unspecified atom stereocenters. The summed E-state index contributed by atoms with van der Waals surface area (Å²) in [5.74, 6) is -1.32. The molecule has 0 atom stereocenters. The molecule has 130 valence electrons. The Hall–Kier alpha value is -2.97. The van der Waals surface area contributed by atoms with Crippen LogP contribution in [0.1, 0.15) is 23.7 Å². The minimum atomic E-state index is -0.607. The van der Waals surface area contributed by atoms with E-state index in [2.05, 4.69) is 10.6 Å². The van der Waals surface area contributed by atoms with Crippen molar-refractivity contribution in [1.82, 2.24) is 15.5 Å². The molecule has 0 fully saturated rings. The van der Waals surface area contributed by atoms with E-state index in [0.717, 1.165) is 12.5 Å². The summed E-state index contributed by atoms with van der Waals surface area (Å²) >= 11 is 0. The summed E-state index contributed by atoms with van der Waals surface area (Å²) in [7, 11) is 1.45. The van der Waals surface area contributed by atoms with Crippen LogP contribution in [-0.4, -0.2) is 54.2 Å². The smallest absolute Gasteiger partial charge is 0.270 e. The number of nitro benzene ring substituents is 1. The molecule has 0 heterocycles. The molecule has 1 aromatic carbocycles. The van der Waals surface area contributed by atoms with Gasteiger partial charge in [-0.25, -0.2) is 0 Å². The highest BCUT2D eigenvalue weighted by molar-refractivity contribution is 5.97. The molecule has 0 radical (unpaired) electrons. The number of nitrogens with one attached hydrogen (secondary N) is 2. The van der Waals surface area contributed by atoms with Crippen molar-refractivity contribution in [2.45, 2.75) is 13.3 Å². The Balaban J connectivity index is 2.51. The topological polar surface area (TPSA) is 122 Å². The molecule has 3 amide bonds. The van der Waals surface area contributed by atoms with Crippen LogP contribution in [0.15, 0.2) is 24.3 Å². The lowest BCUT2D eigenvalue weighted by Crippen LogP contribution is -2.43. The van der Waals surface area contributed by atoms with Crippen molar-refractivity contribution in [2.75, 3.05) is 26.7 Å². The summed E-state index contributed by atoms with van der Waals surface area (Å²) in [5, 5.41) is 15.7. The number of nitro groups is 1. The lowest BCUT2D eigenvalue weighted by molar-refractivity contribution is -0.384. The Morgan fingerprint density at radius 2 is 1.96 bits per heavy atom. The highest BCUT2D eigenvalue weighted by Gasteiger charge is 2.15. The Bertz CT molecular complexity index is 632. The number of likely N-dealkylation sites (N-methyl/N-ethyl adjacent to an activating group) is 1. The van der Waals surface area contributed by atoms with Crippen LogP contribution >= 0.6 is 0 Å². The predicted molar refractivity (Wildman–Crippen MR) is 86.4 cm³/mol. The molecule has 0 bridgehead atoms. The van der Waals surface area contributed by atoms with Crippen molar-refractivity contribution in [3.05, 3.63) is 39.9 Å². The minimum absolute atomic E-state index is 0.0836. The zero-order chi connectivity index (χ0) is 18.1. The summed E-state index contributed by atoms with van der Waals surface area (Å²) in [6.45, 7) is 2.04. The van der Waals surface area contributed by atoms with Crippen LogP contribution in [-0.2, 0) is 9.59 Å².